The van der Waals surface area contributed by atoms with Crippen molar-refractivity contribution in [2.75, 3.05) is 19.6 Å². The van der Waals surface area contributed by atoms with Crippen molar-refractivity contribution in [1.29, 1.82) is 0 Å². The Hall–Kier alpha value is -0.610. The second-order valence-electron chi connectivity index (χ2n) is 5.32. The first-order chi connectivity index (χ1) is 7.43. The largest absolute Gasteiger partial charge is 0.392 e. The number of hydrogen-bond donors (Lipinski definition) is 2. The SMILES string of the molecule is CCC(C)(C)NC(=O)CN1CCC[C@H](O)C1. The monoisotopic (exact) mass is 228 g/mol. The molecule has 4 nitrogen and oxygen atoms in total. The lowest BCUT2D eigenvalue weighted by Crippen LogP contribution is -2.49. The molecule has 1 heterocycles. The summed E-state index contributed by atoms with van der Waals surface area (Å²) in [5.41, 5.74) is -0.133. The zero-order valence-electron chi connectivity index (χ0n) is 10.6. The van der Waals surface area contributed by atoms with E-state index in [1.807, 2.05) is 18.7 Å². The second kappa shape index (κ2) is 5.64. The minimum Gasteiger partial charge on any atom is -0.392 e. The Morgan fingerprint density at radius 3 is 2.81 bits per heavy atom. The van der Waals surface area contributed by atoms with E-state index in [0.717, 1.165) is 25.8 Å². The van der Waals surface area contributed by atoms with Gasteiger partial charge in [-0.2, -0.15) is 0 Å². The molecule has 0 saturated carbocycles. The fourth-order valence-corrected chi connectivity index (χ4v) is 1.88. The Labute approximate surface area is 98.0 Å². The van der Waals surface area contributed by atoms with Crippen molar-refractivity contribution in [2.24, 2.45) is 0 Å². The molecule has 0 bridgehead atoms. The fraction of sp³-hybridized carbons (Fsp3) is 0.917. The number of amides is 1. The number of nitrogens with one attached hydrogen (secondary N) is 1. The third kappa shape index (κ3) is 4.49. The first-order valence-electron chi connectivity index (χ1n) is 6.14. The van der Waals surface area contributed by atoms with Crippen LogP contribution in [-0.2, 0) is 4.79 Å². The molecule has 1 amide bonds. The summed E-state index contributed by atoms with van der Waals surface area (Å²) in [4.78, 5) is 13.8. The number of rotatable bonds is 4. The molecule has 1 atom stereocenters. The van der Waals surface area contributed by atoms with Crippen LogP contribution in [-0.4, -0.2) is 47.2 Å². The van der Waals surface area contributed by atoms with Crippen molar-refractivity contribution in [3.05, 3.63) is 0 Å². The number of nitrogens with zero attached hydrogens (tertiary/aromatic N) is 1. The normalized spacial score (nSPS) is 23.1. The summed E-state index contributed by atoms with van der Waals surface area (Å²) in [5.74, 6) is 0.0564. The average molecular weight is 228 g/mol. The highest BCUT2D eigenvalue weighted by Crippen LogP contribution is 2.10. The van der Waals surface area contributed by atoms with Gasteiger partial charge in [0, 0.05) is 12.1 Å². The van der Waals surface area contributed by atoms with E-state index in [1.54, 1.807) is 0 Å². The van der Waals surface area contributed by atoms with Crippen LogP contribution in [0.5, 0.6) is 0 Å². The van der Waals surface area contributed by atoms with E-state index in [0.29, 0.717) is 13.1 Å². The highest BCUT2D eigenvalue weighted by atomic mass is 16.3. The zero-order valence-corrected chi connectivity index (χ0v) is 10.6. The number of aliphatic hydroxyl groups excluding tert-OH is 1. The fourth-order valence-electron chi connectivity index (χ4n) is 1.88. The van der Waals surface area contributed by atoms with Gasteiger partial charge in [0.05, 0.1) is 12.6 Å². The van der Waals surface area contributed by atoms with Crippen molar-refractivity contribution >= 4 is 5.91 Å². The van der Waals surface area contributed by atoms with E-state index >= 15 is 0 Å². The van der Waals surface area contributed by atoms with Crippen molar-refractivity contribution in [3.8, 4) is 0 Å². The van der Waals surface area contributed by atoms with Crippen molar-refractivity contribution in [3.63, 3.8) is 0 Å². The molecule has 0 aromatic heterocycles. The van der Waals surface area contributed by atoms with Gasteiger partial charge in [-0.25, -0.2) is 0 Å². The summed E-state index contributed by atoms with van der Waals surface area (Å²) < 4.78 is 0. The average Bonchev–Trinajstić information content (AvgIpc) is 2.16. The molecule has 94 valence electrons. The van der Waals surface area contributed by atoms with Crippen LogP contribution in [0.25, 0.3) is 0 Å². The molecule has 0 radical (unpaired) electrons. The minimum absolute atomic E-state index is 0.0564. The standard InChI is InChI=1S/C12H24N2O2/c1-4-12(2,3)13-11(16)9-14-7-5-6-10(15)8-14/h10,15H,4-9H2,1-3H3,(H,13,16)/t10-/m0/s1. The van der Waals surface area contributed by atoms with Crippen LogP contribution in [0.15, 0.2) is 0 Å². The number of aliphatic hydroxyl groups is 1. The summed E-state index contributed by atoms with van der Waals surface area (Å²) in [5, 5.41) is 12.5. The summed E-state index contributed by atoms with van der Waals surface area (Å²) >= 11 is 0. The van der Waals surface area contributed by atoms with Gasteiger partial charge >= 0.3 is 0 Å². The molecular weight excluding hydrogens is 204 g/mol. The second-order valence-corrected chi connectivity index (χ2v) is 5.32. The Morgan fingerprint density at radius 2 is 2.25 bits per heavy atom. The predicted molar refractivity (Wildman–Crippen MR) is 64.2 cm³/mol. The number of hydrogen-bond acceptors (Lipinski definition) is 3. The minimum atomic E-state index is -0.263. The number of likely N-dealkylation sites (tertiary alicyclic amines) is 1. The summed E-state index contributed by atoms with van der Waals surface area (Å²) in [6.07, 6.45) is 2.49. The number of carbonyl (C=O) groups is 1. The van der Waals surface area contributed by atoms with Crippen LogP contribution in [0.2, 0.25) is 0 Å². The highest BCUT2D eigenvalue weighted by molar-refractivity contribution is 5.78. The molecule has 1 rings (SSSR count). The lowest BCUT2D eigenvalue weighted by Gasteiger charge is -2.31. The first kappa shape index (κ1) is 13.5. The molecule has 0 aromatic rings. The lowest BCUT2D eigenvalue weighted by atomic mass is 10.0. The van der Waals surface area contributed by atoms with Crippen LogP contribution < -0.4 is 5.32 Å². The predicted octanol–water partition coefficient (Wildman–Crippen LogP) is 0.748. The van der Waals surface area contributed by atoms with Crippen LogP contribution in [0.3, 0.4) is 0 Å². The van der Waals surface area contributed by atoms with E-state index < -0.39 is 0 Å². The van der Waals surface area contributed by atoms with E-state index in [1.165, 1.54) is 0 Å². The Balaban J connectivity index is 2.33. The van der Waals surface area contributed by atoms with E-state index in [9.17, 15) is 9.90 Å². The summed E-state index contributed by atoms with van der Waals surface area (Å²) in [6.45, 7) is 8.05. The summed E-state index contributed by atoms with van der Waals surface area (Å²) in [7, 11) is 0. The van der Waals surface area contributed by atoms with Gasteiger partial charge in [-0.1, -0.05) is 6.92 Å². The number of piperidine rings is 1. The van der Waals surface area contributed by atoms with Crippen molar-refractivity contribution in [1.82, 2.24) is 10.2 Å². The smallest absolute Gasteiger partial charge is 0.234 e. The van der Waals surface area contributed by atoms with Crippen molar-refractivity contribution in [2.45, 2.75) is 51.7 Å². The van der Waals surface area contributed by atoms with Gasteiger partial charge < -0.3 is 10.4 Å². The van der Waals surface area contributed by atoms with Gasteiger partial charge in [0.2, 0.25) is 5.91 Å². The Kier molecular flexibility index (Phi) is 4.74. The molecule has 4 heteroatoms. The summed E-state index contributed by atoms with van der Waals surface area (Å²) in [6, 6.07) is 0. The zero-order chi connectivity index (χ0) is 12.2. The lowest BCUT2D eigenvalue weighted by molar-refractivity contribution is -0.124. The van der Waals surface area contributed by atoms with Gasteiger partial charge in [0.1, 0.15) is 0 Å². The van der Waals surface area contributed by atoms with E-state index in [4.69, 9.17) is 0 Å². The maximum Gasteiger partial charge on any atom is 0.234 e. The van der Waals surface area contributed by atoms with Crippen LogP contribution >= 0.6 is 0 Å². The van der Waals surface area contributed by atoms with Gasteiger partial charge in [0.15, 0.2) is 0 Å². The molecule has 0 aliphatic carbocycles. The number of carbonyl (C=O) groups excluding carboxylic acids is 1. The molecule has 1 aliphatic heterocycles. The molecule has 1 aliphatic rings. The van der Waals surface area contributed by atoms with E-state index in [-0.39, 0.29) is 17.6 Å². The third-order valence-corrected chi connectivity index (χ3v) is 3.21. The maximum atomic E-state index is 11.8. The molecule has 2 N–H and O–H groups in total. The molecule has 0 spiro atoms. The van der Waals surface area contributed by atoms with Gasteiger partial charge in [-0.15, -0.1) is 0 Å². The van der Waals surface area contributed by atoms with Crippen LogP contribution in [0.1, 0.15) is 40.0 Å². The Bertz CT molecular complexity index is 241. The first-order valence-corrected chi connectivity index (χ1v) is 6.14. The Morgan fingerprint density at radius 1 is 1.56 bits per heavy atom. The molecule has 1 fully saturated rings. The van der Waals surface area contributed by atoms with Gasteiger partial charge in [-0.05, 0) is 39.7 Å². The topological polar surface area (TPSA) is 52.6 Å². The van der Waals surface area contributed by atoms with E-state index in [2.05, 4.69) is 12.2 Å². The maximum absolute atomic E-state index is 11.8. The van der Waals surface area contributed by atoms with Gasteiger partial charge in [-0.3, -0.25) is 9.69 Å². The quantitative estimate of drug-likeness (QED) is 0.746. The number of β-amino-alcohol motifs (C(OH)–C–C–N with tert-alkyl or cyclic N) is 1. The highest BCUT2D eigenvalue weighted by Gasteiger charge is 2.22. The van der Waals surface area contributed by atoms with Crippen LogP contribution in [0.4, 0.5) is 0 Å². The van der Waals surface area contributed by atoms with Crippen molar-refractivity contribution < 1.29 is 9.90 Å². The molecule has 16 heavy (non-hydrogen) atoms. The van der Waals surface area contributed by atoms with Gasteiger partial charge in [0.25, 0.3) is 0 Å². The third-order valence-electron chi connectivity index (χ3n) is 3.21. The molecule has 1 saturated heterocycles. The molecular formula is C12H24N2O2. The molecule has 0 aromatic carbocycles. The molecule has 0 unspecified atom stereocenters. The van der Waals surface area contributed by atoms with Crippen LogP contribution in [0, 0.1) is 0 Å².